The van der Waals surface area contributed by atoms with E-state index in [1.807, 2.05) is 30.3 Å². The van der Waals surface area contributed by atoms with Crippen molar-refractivity contribution >= 4 is 33.0 Å². The number of fused-ring (bicyclic) bond motifs is 1. The zero-order valence-corrected chi connectivity index (χ0v) is 13.8. The van der Waals surface area contributed by atoms with Gasteiger partial charge in [-0.15, -0.1) is 11.3 Å². The van der Waals surface area contributed by atoms with E-state index < -0.39 is 11.2 Å². The number of thiophene rings is 1. The van der Waals surface area contributed by atoms with Crippen LogP contribution < -0.4 is 11.2 Å². The van der Waals surface area contributed by atoms with Crippen molar-refractivity contribution in [2.24, 2.45) is 0 Å². The van der Waals surface area contributed by atoms with Gasteiger partial charge in [-0.2, -0.15) is 5.26 Å². The number of aryl methyl sites for hydroxylation is 1. The molecule has 0 amide bonds. The lowest BCUT2D eigenvalue weighted by molar-refractivity contribution is 0.600. The summed E-state index contributed by atoms with van der Waals surface area (Å²) in [6, 6.07) is 9.47. The van der Waals surface area contributed by atoms with Crippen LogP contribution in [0.1, 0.15) is 17.4 Å². The molecule has 2 aromatic heterocycles. The van der Waals surface area contributed by atoms with Crippen LogP contribution in [0, 0.1) is 11.3 Å². The van der Waals surface area contributed by atoms with Gasteiger partial charge in [0.2, 0.25) is 0 Å². The molecule has 5 nitrogen and oxygen atoms in total. The van der Waals surface area contributed by atoms with Crippen LogP contribution in [-0.4, -0.2) is 9.13 Å². The molecule has 0 radical (unpaired) electrons. The number of nitriles is 1. The molecule has 23 heavy (non-hydrogen) atoms. The highest BCUT2D eigenvalue weighted by Gasteiger charge is 2.15. The van der Waals surface area contributed by atoms with Gasteiger partial charge in [0, 0.05) is 27.7 Å². The molecule has 2 heterocycles. The van der Waals surface area contributed by atoms with Crippen molar-refractivity contribution in [3.8, 4) is 6.07 Å². The summed E-state index contributed by atoms with van der Waals surface area (Å²) < 4.78 is 3.41. The highest BCUT2D eigenvalue weighted by atomic mass is 35.5. The van der Waals surface area contributed by atoms with Crippen molar-refractivity contribution < 1.29 is 0 Å². The minimum atomic E-state index is -0.587. The van der Waals surface area contributed by atoms with E-state index in [2.05, 4.69) is 0 Å². The molecular weight excluding hydrogens is 334 g/mol. The van der Waals surface area contributed by atoms with E-state index in [0.29, 0.717) is 11.6 Å². The summed E-state index contributed by atoms with van der Waals surface area (Å²) in [6.45, 7) is 2.23. The number of aromatic nitrogens is 2. The zero-order valence-electron chi connectivity index (χ0n) is 12.2. The lowest BCUT2D eigenvalue weighted by atomic mass is 10.2. The number of hydrogen-bond acceptors (Lipinski definition) is 4. The van der Waals surface area contributed by atoms with Gasteiger partial charge in [-0.1, -0.05) is 29.8 Å². The largest absolute Gasteiger partial charge is 0.331 e. The van der Waals surface area contributed by atoms with Crippen LogP contribution in [0.15, 0.2) is 40.1 Å². The van der Waals surface area contributed by atoms with Gasteiger partial charge in [-0.3, -0.25) is 13.9 Å². The maximum absolute atomic E-state index is 12.4. The lowest BCUT2D eigenvalue weighted by Crippen LogP contribution is -2.40. The van der Waals surface area contributed by atoms with E-state index >= 15 is 0 Å². The zero-order chi connectivity index (χ0) is 16.6. The molecule has 0 aliphatic rings. The van der Waals surface area contributed by atoms with E-state index in [-0.39, 0.29) is 12.1 Å². The molecule has 3 rings (SSSR count). The first kappa shape index (κ1) is 15.5. The molecule has 0 unspecified atom stereocenters. The second-order valence-corrected chi connectivity index (χ2v) is 6.46. The number of hydrogen-bond donors (Lipinski definition) is 0. The second-order valence-electron chi connectivity index (χ2n) is 4.95. The Balaban J connectivity index is 2.19. The molecule has 0 N–H and O–H groups in total. The first-order valence-corrected chi connectivity index (χ1v) is 8.16. The van der Waals surface area contributed by atoms with Gasteiger partial charge in [0.05, 0.1) is 11.6 Å². The van der Waals surface area contributed by atoms with Crippen LogP contribution in [-0.2, 0) is 13.1 Å². The minimum Gasteiger partial charge on any atom is -0.299 e. The fourth-order valence-electron chi connectivity index (χ4n) is 2.41. The number of benzene rings is 1. The standard InChI is InChI=1S/C16H12ClN3O2S/c1-2-19-8-10(7-18)15(21)20(16(19)22)9-13-14(17)11-5-3-4-6-12(11)23-13/h3-6,8H,2,9H2,1H3. The highest BCUT2D eigenvalue weighted by molar-refractivity contribution is 7.19. The Bertz CT molecular complexity index is 1060. The van der Waals surface area contributed by atoms with E-state index in [4.69, 9.17) is 16.9 Å². The predicted octanol–water partition coefficient (Wildman–Crippen LogP) is 2.82. The smallest absolute Gasteiger partial charge is 0.299 e. The average molecular weight is 346 g/mol. The molecule has 0 saturated heterocycles. The molecule has 0 aliphatic heterocycles. The monoisotopic (exact) mass is 345 g/mol. The second kappa shape index (κ2) is 6.03. The van der Waals surface area contributed by atoms with E-state index in [1.54, 1.807) is 6.92 Å². The van der Waals surface area contributed by atoms with Crippen molar-refractivity contribution in [3.05, 3.63) is 66.8 Å². The molecule has 0 spiro atoms. The molecular formula is C16H12ClN3O2S. The maximum atomic E-state index is 12.4. The van der Waals surface area contributed by atoms with Crippen LogP contribution in [0.2, 0.25) is 5.02 Å². The molecule has 116 valence electrons. The van der Waals surface area contributed by atoms with Crippen LogP contribution >= 0.6 is 22.9 Å². The van der Waals surface area contributed by atoms with Crippen molar-refractivity contribution in [1.29, 1.82) is 5.26 Å². The first-order chi connectivity index (χ1) is 11.1. The number of nitrogens with zero attached hydrogens (tertiary/aromatic N) is 3. The average Bonchev–Trinajstić information content (AvgIpc) is 2.88. The molecule has 7 heteroatoms. The third-order valence-electron chi connectivity index (χ3n) is 3.60. The Labute approximate surface area is 140 Å². The summed E-state index contributed by atoms with van der Waals surface area (Å²) in [6.07, 6.45) is 1.30. The number of halogens is 1. The van der Waals surface area contributed by atoms with Gasteiger partial charge in [0.15, 0.2) is 0 Å². The Hall–Kier alpha value is -2.36. The molecule has 3 aromatic rings. The summed E-state index contributed by atoms with van der Waals surface area (Å²) in [7, 11) is 0. The van der Waals surface area contributed by atoms with Gasteiger partial charge >= 0.3 is 5.69 Å². The Morgan fingerprint density at radius 3 is 2.70 bits per heavy atom. The van der Waals surface area contributed by atoms with Gasteiger partial charge < -0.3 is 0 Å². The lowest BCUT2D eigenvalue weighted by Gasteiger charge is -2.08. The fraction of sp³-hybridized carbons (Fsp3) is 0.188. The normalized spacial score (nSPS) is 10.8. The summed E-state index contributed by atoms with van der Waals surface area (Å²) in [5.74, 6) is 0. The van der Waals surface area contributed by atoms with E-state index in [9.17, 15) is 9.59 Å². The van der Waals surface area contributed by atoms with Gasteiger partial charge in [0.1, 0.15) is 11.6 Å². The third-order valence-corrected chi connectivity index (χ3v) is 5.30. The third kappa shape index (κ3) is 2.58. The molecule has 0 fully saturated rings. The van der Waals surface area contributed by atoms with Crippen molar-refractivity contribution in [3.63, 3.8) is 0 Å². The van der Waals surface area contributed by atoms with Gasteiger partial charge in [0.25, 0.3) is 5.56 Å². The summed E-state index contributed by atoms with van der Waals surface area (Å²) in [5.41, 5.74) is -1.08. The van der Waals surface area contributed by atoms with Crippen LogP contribution in [0.3, 0.4) is 0 Å². The van der Waals surface area contributed by atoms with E-state index in [0.717, 1.165) is 19.5 Å². The highest BCUT2D eigenvalue weighted by Crippen LogP contribution is 2.35. The number of rotatable bonds is 3. The van der Waals surface area contributed by atoms with Crippen molar-refractivity contribution in [2.45, 2.75) is 20.0 Å². The molecule has 0 aliphatic carbocycles. The quantitative estimate of drug-likeness (QED) is 0.733. The van der Waals surface area contributed by atoms with Crippen molar-refractivity contribution in [1.82, 2.24) is 9.13 Å². The summed E-state index contributed by atoms with van der Waals surface area (Å²) in [4.78, 5) is 25.4. The Morgan fingerprint density at radius 1 is 1.30 bits per heavy atom. The van der Waals surface area contributed by atoms with Gasteiger partial charge in [-0.25, -0.2) is 4.79 Å². The Morgan fingerprint density at radius 2 is 2.04 bits per heavy atom. The van der Waals surface area contributed by atoms with Crippen LogP contribution in [0.5, 0.6) is 0 Å². The molecule has 0 atom stereocenters. The Kier molecular flexibility index (Phi) is 4.07. The predicted molar refractivity (Wildman–Crippen MR) is 91.3 cm³/mol. The first-order valence-electron chi connectivity index (χ1n) is 6.97. The topological polar surface area (TPSA) is 67.8 Å². The van der Waals surface area contributed by atoms with Crippen LogP contribution in [0.25, 0.3) is 10.1 Å². The summed E-state index contributed by atoms with van der Waals surface area (Å²) >= 11 is 7.82. The maximum Gasteiger partial charge on any atom is 0.331 e. The molecule has 0 bridgehead atoms. The van der Waals surface area contributed by atoms with Crippen LogP contribution in [0.4, 0.5) is 0 Å². The minimum absolute atomic E-state index is 0.0521. The molecule has 1 aromatic carbocycles. The van der Waals surface area contributed by atoms with Gasteiger partial charge in [-0.05, 0) is 13.0 Å². The molecule has 0 saturated carbocycles. The van der Waals surface area contributed by atoms with Crippen molar-refractivity contribution in [2.75, 3.05) is 0 Å². The summed E-state index contributed by atoms with van der Waals surface area (Å²) in [5, 5.41) is 10.5. The van der Waals surface area contributed by atoms with E-state index in [1.165, 1.54) is 22.1 Å². The SMILES string of the molecule is CCn1cc(C#N)c(=O)n(Cc2sc3ccccc3c2Cl)c1=O. The fourth-order valence-corrected chi connectivity index (χ4v) is 3.89.